The molecule has 8 heteroatoms. The van der Waals surface area contributed by atoms with Crippen LogP contribution in [0.5, 0.6) is 0 Å². The first kappa shape index (κ1) is 22.4. The quantitative estimate of drug-likeness (QED) is 0.666. The number of anilines is 2. The molecule has 1 aliphatic heterocycles. The largest absolute Gasteiger partial charge is 0.326 e. The first-order chi connectivity index (χ1) is 14.2. The molecular formula is C22H26N2O4S2. The van der Waals surface area contributed by atoms with Crippen molar-refractivity contribution in [1.29, 1.82) is 0 Å². The highest BCUT2D eigenvalue weighted by molar-refractivity contribution is 8.01. The van der Waals surface area contributed by atoms with Crippen LogP contribution in [0.15, 0.2) is 46.2 Å². The van der Waals surface area contributed by atoms with Gasteiger partial charge in [0.05, 0.1) is 21.6 Å². The number of sulfone groups is 1. The highest BCUT2D eigenvalue weighted by atomic mass is 32.2. The third kappa shape index (κ3) is 4.87. The molecule has 0 bridgehead atoms. The van der Waals surface area contributed by atoms with Crippen molar-refractivity contribution in [3.8, 4) is 0 Å². The van der Waals surface area contributed by atoms with Gasteiger partial charge in [-0.3, -0.25) is 9.59 Å². The van der Waals surface area contributed by atoms with Crippen molar-refractivity contribution in [3.63, 3.8) is 0 Å². The molecule has 1 aliphatic rings. The molecule has 0 spiro atoms. The summed E-state index contributed by atoms with van der Waals surface area (Å²) in [4.78, 5) is 25.5. The second-order valence-corrected chi connectivity index (χ2v) is 10.6. The third-order valence-electron chi connectivity index (χ3n) is 5.10. The minimum Gasteiger partial charge on any atom is -0.326 e. The molecule has 2 amide bonds. The van der Waals surface area contributed by atoms with E-state index < -0.39 is 9.84 Å². The number of thioether (sulfide) groups is 1. The molecule has 30 heavy (non-hydrogen) atoms. The number of rotatable bonds is 7. The summed E-state index contributed by atoms with van der Waals surface area (Å²) in [5.74, 6) is -0.757. The Kier molecular flexibility index (Phi) is 6.88. The van der Waals surface area contributed by atoms with Gasteiger partial charge in [-0.15, -0.1) is 11.8 Å². The Bertz CT molecular complexity index is 1080. The van der Waals surface area contributed by atoms with Gasteiger partial charge in [-0.2, -0.15) is 0 Å². The molecule has 0 unspecified atom stereocenters. The van der Waals surface area contributed by atoms with Crippen LogP contribution in [0.25, 0.3) is 0 Å². The second-order valence-electron chi connectivity index (χ2n) is 7.24. The smallest absolute Gasteiger partial charge is 0.237 e. The second kappa shape index (κ2) is 9.22. The highest BCUT2D eigenvalue weighted by Gasteiger charge is 2.27. The summed E-state index contributed by atoms with van der Waals surface area (Å²) in [6.45, 7) is 5.85. The van der Waals surface area contributed by atoms with E-state index in [-0.39, 0.29) is 34.1 Å². The van der Waals surface area contributed by atoms with Crippen LogP contribution in [-0.4, -0.2) is 31.2 Å². The molecule has 160 valence electrons. The Hall–Kier alpha value is -2.32. The fraction of sp³-hybridized carbons (Fsp3) is 0.364. The molecule has 3 rings (SSSR count). The van der Waals surface area contributed by atoms with E-state index in [1.165, 1.54) is 17.8 Å². The van der Waals surface area contributed by atoms with Gasteiger partial charge >= 0.3 is 0 Å². The fourth-order valence-electron chi connectivity index (χ4n) is 3.34. The molecule has 0 aliphatic carbocycles. The molecule has 6 nitrogen and oxygen atoms in total. The maximum Gasteiger partial charge on any atom is 0.237 e. The van der Waals surface area contributed by atoms with Crippen molar-refractivity contribution in [2.45, 2.75) is 55.1 Å². The Labute approximate surface area is 181 Å². The summed E-state index contributed by atoms with van der Waals surface area (Å²) in [6.07, 6.45) is 1.33. The summed E-state index contributed by atoms with van der Waals surface area (Å²) in [7, 11) is -3.66. The van der Waals surface area contributed by atoms with E-state index in [1.807, 2.05) is 39.0 Å². The number of carbonyl (C=O) groups is 2. The maximum absolute atomic E-state index is 12.8. The number of hydrogen-bond donors (Lipinski definition) is 2. The third-order valence-corrected chi connectivity index (χ3v) is 8.26. The van der Waals surface area contributed by atoms with Gasteiger partial charge in [0.15, 0.2) is 9.84 Å². The maximum atomic E-state index is 12.8. The van der Waals surface area contributed by atoms with E-state index in [9.17, 15) is 18.0 Å². The van der Waals surface area contributed by atoms with E-state index in [0.29, 0.717) is 12.1 Å². The number of nitrogens with one attached hydrogen (secondary N) is 2. The average molecular weight is 447 g/mol. The van der Waals surface area contributed by atoms with Crippen molar-refractivity contribution in [3.05, 3.63) is 47.5 Å². The zero-order chi connectivity index (χ0) is 21.9. The van der Waals surface area contributed by atoms with E-state index in [1.54, 1.807) is 12.1 Å². The molecule has 2 aromatic carbocycles. The predicted octanol–water partition coefficient (Wildman–Crippen LogP) is 4.18. The van der Waals surface area contributed by atoms with Crippen LogP contribution < -0.4 is 10.6 Å². The van der Waals surface area contributed by atoms with Gasteiger partial charge in [0, 0.05) is 17.0 Å². The number of fused-ring (bicyclic) bond motifs is 1. The Morgan fingerprint density at radius 1 is 1.20 bits per heavy atom. The van der Waals surface area contributed by atoms with E-state index in [2.05, 4.69) is 10.6 Å². The summed E-state index contributed by atoms with van der Waals surface area (Å²) in [6, 6.07) is 10.5. The lowest BCUT2D eigenvalue weighted by atomic mass is 10.1. The number of hydrogen-bond acceptors (Lipinski definition) is 5. The molecule has 0 radical (unpaired) electrons. The van der Waals surface area contributed by atoms with Crippen molar-refractivity contribution < 1.29 is 18.0 Å². The van der Waals surface area contributed by atoms with Gasteiger partial charge in [-0.1, -0.05) is 32.0 Å². The fourth-order valence-corrected chi connectivity index (χ4v) is 5.63. The Morgan fingerprint density at radius 2 is 1.97 bits per heavy atom. The summed E-state index contributed by atoms with van der Waals surface area (Å²) in [5, 5.41) is 5.47. The monoisotopic (exact) mass is 446 g/mol. The molecule has 1 heterocycles. The van der Waals surface area contributed by atoms with Crippen molar-refractivity contribution in [1.82, 2.24) is 0 Å². The molecule has 2 aromatic rings. The van der Waals surface area contributed by atoms with Gasteiger partial charge in [-0.05, 0) is 49.1 Å². The summed E-state index contributed by atoms with van der Waals surface area (Å²) < 4.78 is 25.5. The topological polar surface area (TPSA) is 92.3 Å². The molecule has 0 fully saturated rings. The minimum atomic E-state index is -3.66. The van der Waals surface area contributed by atoms with Gasteiger partial charge < -0.3 is 10.6 Å². The van der Waals surface area contributed by atoms with Crippen LogP contribution in [0, 0.1) is 6.92 Å². The number of carbonyl (C=O) groups excluding carboxylic acids is 2. The van der Waals surface area contributed by atoms with Crippen molar-refractivity contribution in [2.75, 3.05) is 16.4 Å². The van der Waals surface area contributed by atoms with E-state index in [4.69, 9.17) is 0 Å². The molecule has 0 saturated heterocycles. The number of amides is 2. The number of para-hydroxylation sites is 1. The van der Waals surface area contributed by atoms with Crippen LogP contribution in [-0.2, 0) is 25.8 Å². The lowest BCUT2D eigenvalue weighted by Crippen LogP contribution is -2.28. The van der Waals surface area contributed by atoms with Crippen molar-refractivity contribution >= 4 is 44.8 Å². The van der Waals surface area contributed by atoms with E-state index >= 15 is 0 Å². The minimum absolute atomic E-state index is 0.107. The number of benzene rings is 2. The van der Waals surface area contributed by atoms with Gasteiger partial charge in [0.25, 0.3) is 0 Å². The Morgan fingerprint density at radius 3 is 2.67 bits per heavy atom. The van der Waals surface area contributed by atoms with Crippen LogP contribution in [0.2, 0.25) is 0 Å². The average Bonchev–Trinajstić information content (AvgIpc) is 2.72. The zero-order valence-corrected chi connectivity index (χ0v) is 19.0. The first-order valence-corrected chi connectivity index (χ1v) is 12.5. The molecular weight excluding hydrogens is 420 g/mol. The molecule has 0 saturated carbocycles. The zero-order valence-electron chi connectivity index (χ0n) is 17.3. The highest BCUT2D eigenvalue weighted by Crippen LogP contribution is 2.38. The molecule has 1 atom stereocenters. The standard InChI is InChI=1S/C22H26N2O4S2/c1-4-15-8-6-7-14(3)21(15)24-20(25)11-12-30(27,28)16-9-10-19-17(13-16)23-22(26)18(5-2)29-19/h6-10,13,18H,4-5,11-12H2,1-3H3,(H,23,26)(H,24,25)/t18-/m0/s1. The normalized spacial score (nSPS) is 16.0. The van der Waals surface area contributed by atoms with Crippen LogP contribution in [0.4, 0.5) is 11.4 Å². The lowest BCUT2D eigenvalue weighted by Gasteiger charge is -2.23. The van der Waals surface area contributed by atoms with Crippen LogP contribution in [0.3, 0.4) is 0 Å². The summed E-state index contributed by atoms with van der Waals surface area (Å²) >= 11 is 1.44. The van der Waals surface area contributed by atoms with Gasteiger partial charge in [0.2, 0.25) is 11.8 Å². The molecule has 2 N–H and O–H groups in total. The number of aryl methyl sites for hydroxylation is 2. The van der Waals surface area contributed by atoms with Gasteiger partial charge in [-0.25, -0.2) is 8.42 Å². The van der Waals surface area contributed by atoms with Gasteiger partial charge in [0.1, 0.15) is 0 Å². The molecule has 0 aromatic heterocycles. The Balaban J connectivity index is 1.70. The van der Waals surface area contributed by atoms with E-state index in [0.717, 1.165) is 28.1 Å². The predicted molar refractivity (Wildman–Crippen MR) is 121 cm³/mol. The van der Waals surface area contributed by atoms with Crippen molar-refractivity contribution in [2.24, 2.45) is 0 Å². The lowest BCUT2D eigenvalue weighted by molar-refractivity contribution is -0.116. The SMILES string of the molecule is CCc1cccc(C)c1NC(=O)CCS(=O)(=O)c1ccc2c(c1)NC(=O)[C@H](CC)S2. The van der Waals surface area contributed by atoms with Crippen LogP contribution >= 0.6 is 11.8 Å². The first-order valence-electron chi connectivity index (χ1n) is 9.97. The summed E-state index contributed by atoms with van der Waals surface area (Å²) in [5.41, 5.74) is 3.22. The van der Waals surface area contributed by atoms with Crippen LogP contribution in [0.1, 0.15) is 37.8 Å².